The van der Waals surface area contributed by atoms with Crippen LogP contribution in [0.4, 0.5) is 0 Å². The highest BCUT2D eigenvalue weighted by Gasteiger charge is 1.61. The van der Waals surface area contributed by atoms with Crippen molar-refractivity contribution in [3.8, 4) is 0 Å². The van der Waals surface area contributed by atoms with Crippen LogP contribution in [0.5, 0.6) is 0 Å². The van der Waals surface area contributed by atoms with Crippen molar-refractivity contribution in [3.05, 3.63) is 24.3 Å². The highest BCUT2D eigenvalue weighted by molar-refractivity contribution is 7.03. The molecule has 6 heteroatoms. The van der Waals surface area contributed by atoms with Crippen molar-refractivity contribution in [1.82, 2.24) is 19.7 Å². The Morgan fingerprint density at radius 3 is 2.60 bits per heavy atom. The largest absolute Gasteiger partial charge is 0.343 e. The number of nitrogens with zero attached hydrogens (tertiary/aromatic N) is 4. The molecule has 0 saturated heterocycles. The van der Waals surface area contributed by atoms with E-state index in [9.17, 15) is 0 Å². The zero-order valence-corrected chi connectivity index (χ0v) is 5.73. The maximum Gasteiger partial charge on any atom is 0.213 e. The van der Waals surface area contributed by atoms with E-state index >= 15 is 0 Å². The summed E-state index contributed by atoms with van der Waals surface area (Å²) in [6.45, 7) is 0. The minimum atomic E-state index is 1.26. The molecule has 0 saturated carbocycles. The van der Waals surface area contributed by atoms with Gasteiger partial charge in [0.25, 0.3) is 0 Å². The predicted octanol–water partition coefficient (Wildman–Crippen LogP) is 0.608. The van der Waals surface area contributed by atoms with Gasteiger partial charge in [0.1, 0.15) is 0 Å². The summed E-state index contributed by atoms with van der Waals surface area (Å²) < 4.78 is 7.74. The Balaban J connectivity index is 0.0000001000. The van der Waals surface area contributed by atoms with Gasteiger partial charge in [-0.15, -0.1) is 5.10 Å². The van der Waals surface area contributed by atoms with Gasteiger partial charge in [0.2, 0.25) is 6.39 Å². The van der Waals surface area contributed by atoms with Crippen LogP contribution in [-0.4, -0.2) is 19.7 Å². The molecule has 0 unspecified atom stereocenters. The van der Waals surface area contributed by atoms with Crippen molar-refractivity contribution < 1.29 is 4.52 Å². The maximum atomic E-state index is 4.22. The van der Waals surface area contributed by atoms with E-state index < -0.39 is 0 Å². The molecule has 0 aliphatic heterocycles. The predicted molar refractivity (Wildman–Crippen MR) is 34.2 cm³/mol. The number of rotatable bonds is 0. The molecular formula is C4H4N4OS. The van der Waals surface area contributed by atoms with Gasteiger partial charge in [0, 0.05) is 5.38 Å². The van der Waals surface area contributed by atoms with Gasteiger partial charge in [0.15, 0.2) is 6.33 Å². The summed E-state index contributed by atoms with van der Waals surface area (Å²) in [5.74, 6) is 0. The second-order valence-electron chi connectivity index (χ2n) is 1.17. The van der Waals surface area contributed by atoms with Crippen LogP contribution in [0.1, 0.15) is 0 Å². The van der Waals surface area contributed by atoms with Crippen LogP contribution in [0.3, 0.4) is 0 Å². The number of hydrogen-bond acceptors (Lipinski definition) is 6. The molecule has 2 aromatic heterocycles. The third-order valence-electron chi connectivity index (χ3n) is 0.565. The lowest BCUT2D eigenvalue weighted by Crippen LogP contribution is -1.51. The fourth-order valence-corrected chi connectivity index (χ4v) is 0.544. The Kier molecular flexibility index (Phi) is 3.11. The quantitative estimate of drug-likeness (QED) is 0.559. The first kappa shape index (κ1) is 6.81. The highest BCUT2D eigenvalue weighted by Crippen LogP contribution is 1.78. The first-order valence-corrected chi connectivity index (χ1v) is 3.24. The number of aromatic nitrogens is 4. The molecule has 0 atom stereocenters. The smallest absolute Gasteiger partial charge is 0.213 e. The van der Waals surface area contributed by atoms with E-state index in [1.54, 1.807) is 6.20 Å². The van der Waals surface area contributed by atoms with Crippen molar-refractivity contribution in [3.63, 3.8) is 0 Å². The summed E-state index contributed by atoms with van der Waals surface area (Å²) in [6, 6.07) is 0. The van der Waals surface area contributed by atoms with Crippen LogP contribution in [-0.2, 0) is 0 Å². The van der Waals surface area contributed by atoms with E-state index in [0.717, 1.165) is 0 Å². The van der Waals surface area contributed by atoms with Crippen molar-refractivity contribution in [2.24, 2.45) is 0 Å². The Hall–Kier alpha value is -1.30. The zero-order valence-electron chi connectivity index (χ0n) is 4.91. The van der Waals surface area contributed by atoms with Crippen LogP contribution in [0.15, 0.2) is 28.8 Å². The standard InChI is InChI=1S/C2H2N2O.C2H2N2S/c1-3-2-5-4-1;1-2-5-4-3-1/h2*1-2H. The Bertz CT molecular complexity index is 156. The monoisotopic (exact) mass is 156 g/mol. The van der Waals surface area contributed by atoms with E-state index in [2.05, 4.69) is 24.3 Å². The summed E-state index contributed by atoms with van der Waals surface area (Å²) in [5.41, 5.74) is 0. The summed E-state index contributed by atoms with van der Waals surface area (Å²) in [7, 11) is 0. The molecule has 52 valence electrons. The molecule has 0 amide bonds. The highest BCUT2D eigenvalue weighted by atomic mass is 32.1. The molecular weight excluding hydrogens is 152 g/mol. The maximum absolute atomic E-state index is 4.22. The van der Waals surface area contributed by atoms with E-state index in [1.165, 1.54) is 24.3 Å². The lowest BCUT2D eigenvalue weighted by Gasteiger charge is -1.45. The fraction of sp³-hybridized carbons (Fsp3) is 0. The van der Waals surface area contributed by atoms with Gasteiger partial charge in [-0.05, 0) is 11.5 Å². The van der Waals surface area contributed by atoms with Gasteiger partial charge in [-0.25, -0.2) is 4.98 Å². The summed E-state index contributed by atoms with van der Waals surface area (Å²) in [4.78, 5) is 3.44. The van der Waals surface area contributed by atoms with Crippen molar-refractivity contribution in [2.75, 3.05) is 0 Å². The van der Waals surface area contributed by atoms with Gasteiger partial charge in [0.05, 0.1) is 6.20 Å². The van der Waals surface area contributed by atoms with Gasteiger partial charge in [-0.3, -0.25) is 0 Å². The molecule has 2 aromatic rings. The van der Waals surface area contributed by atoms with Crippen LogP contribution < -0.4 is 0 Å². The second-order valence-corrected chi connectivity index (χ2v) is 1.81. The lowest BCUT2D eigenvalue weighted by atomic mass is 11.1. The first-order valence-electron chi connectivity index (χ1n) is 2.40. The van der Waals surface area contributed by atoms with Gasteiger partial charge >= 0.3 is 0 Å². The SMILES string of the molecule is c1csnn1.c1ncon1. The van der Waals surface area contributed by atoms with Crippen LogP contribution in [0.2, 0.25) is 0 Å². The van der Waals surface area contributed by atoms with E-state index in [4.69, 9.17) is 0 Å². The second kappa shape index (κ2) is 4.57. The Morgan fingerprint density at radius 1 is 1.40 bits per heavy atom. The Morgan fingerprint density at radius 2 is 2.40 bits per heavy atom. The molecule has 5 nitrogen and oxygen atoms in total. The zero-order chi connectivity index (χ0) is 7.07. The van der Waals surface area contributed by atoms with Crippen LogP contribution in [0, 0.1) is 0 Å². The third kappa shape index (κ3) is 2.88. The minimum Gasteiger partial charge on any atom is -0.343 e. The molecule has 0 spiro atoms. The topological polar surface area (TPSA) is 64.7 Å². The third-order valence-corrected chi connectivity index (χ3v) is 0.997. The summed E-state index contributed by atoms with van der Waals surface area (Å²) in [5, 5.41) is 8.55. The molecule has 2 rings (SSSR count). The van der Waals surface area contributed by atoms with Crippen molar-refractivity contribution in [2.45, 2.75) is 0 Å². The van der Waals surface area contributed by atoms with Crippen LogP contribution in [0.25, 0.3) is 0 Å². The summed E-state index contributed by atoms with van der Waals surface area (Å²) >= 11 is 1.35. The summed E-state index contributed by atoms with van der Waals surface area (Å²) in [6.07, 6.45) is 4.25. The minimum absolute atomic E-state index is 1.26. The molecule has 2 heterocycles. The van der Waals surface area contributed by atoms with Crippen LogP contribution >= 0.6 is 11.5 Å². The van der Waals surface area contributed by atoms with Crippen molar-refractivity contribution in [1.29, 1.82) is 0 Å². The first-order chi connectivity index (χ1) is 5.00. The van der Waals surface area contributed by atoms with E-state index in [1.807, 2.05) is 5.38 Å². The average Bonchev–Trinajstić information content (AvgIpc) is 2.67. The fourth-order valence-electron chi connectivity index (χ4n) is 0.272. The average molecular weight is 156 g/mol. The molecule has 0 fully saturated rings. The lowest BCUT2D eigenvalue weighted by molar-refractivity contribution is 0.416. The Labute approximate surface area is 60.9 Å². The van der Waals surface area contributed by atoms with E-state index in [0.29, 0.717) is 0 Å². The number of hydrogen-bond donors (Lipinski definition) is 0. The van der Waals surface area contributed by atoms with Gasteiger partial charge < -0.3 is 4.52 Å². The van der Waals surface area contributed by atoms with E-state index in [-0.39, 0.29) is 0 Å². The molecule has 0 bridgehead atoms. The molecule has 0 aliphatic carbocycles. The molecule has 0 aliphatic rings. The normalized spacial score (nSPS) is 8.00. The van der Waals surface area contributed by atoms with Gasteiger partial charge in [-0.2, -0.15) is 0 Å². The van der Waals surface area contributed by atoms with Crippen molar-refractivity contribution >= 4 is 11.5 Å². The molecule has 0 radical (unpaired) electrons. The molecule has 10 heavy (non-hydrogen) atoms. The van der Waals surface area contributed by atoms with Gasteiger partial charge in [-0.1, -0.05) is 9.64 Å². The molecule has 0 N–H and O–H groups in total. The molecule has 0 aromatic carbocycles.